The summed E-state index contributed by atoms with van der Waals surface area (Å²) in [6.07, 6.45) is 3.91. The average Bonchev–Trinajstić information content (AvgIpc) is 2.62. The molecule has 0 aromatic rings. The molecule has 0 aromatic heterocycles. The van der Waals surface area contributed by atoms with Gasteiger partial charge in [0.2, 0.25) is 0 Å². The first kappa shape index (κ1) is 9.19. The van der Waals surface area contributed by atoms with Gasteiger partial charge in [0.05, 0.1) is 0 Å². The molecule has 0 amide bonds. The lowest BCUT2D eigenvalue weighted by molar-refractivity contribution is 0.457. The smallest absolute Gasteiger partial charge is 0.0379 e. The zero-order valence-corrected chi connectivity index (χ0v) is 7.82. The molecule has 0 aliphatic heterocycles. The molecule has 0 bridgehead atoms. The summed E-state index contributed by atoms with van der Waals surface area (Å²) in [5, 5.41) is 7.51. The molecule has 2 aliphatic carbocycles. The minimum absolute atomic E-state index is 0.182. The highest BCUT2D eigenvalue weighted by Crippen LogP contribution is 2.46. The molecule has 6 nitrogen and oxygen atoms in total. The summed E-state index contributed by atoms with van der Waals surface area (Å²) in [6.45, 7) is 0. The van der Waals surface area contributed by atoms with Crippen LogP contribution in [0, 0.1) is 11.8 Å². The second kappa shape index (κ2) is 3.78. The molecule has 0 radical (unpaired) electrons. The summed E-state index contributed by atoms with van der Waals surface area (Å²) in [7, 11) is 0. The average molecular weight is 192 g/mol. The van der Waals surface area contributed by atoms with Crippen molar-refractivity contribution in [2.45, 2.75) is 37.8 Å². The molecule has 2 aliphatic rings. The van der Waals surface area contributed by atoms with E-state index in [-0.39, 0.29) is 12.1 Å². The van der Waals surface area contributed by atoms with Gasteiger partial charge in [0.15, 0.2) is 0 Å². The highest BCUT2D eigenvalue weighted by atomic mass is 15.2. The Bertz CT molecular complexity index is 270. The fourth-order valence-corrected chi connectivity index (χ4v) is 2.89. The van der Waals surface area contributed by atoms with Crippen LogP contribution in [0.4, 0.5) is 0 Å². The summed E-state index contributed by atoms with van der Waals surface area (Å²) in [5.74, 6) is 1.22. The Hall–Kier alpha value is -1.38. The van der Waals surface area contributed by atoms with E-state index >= 15 is 0 Å². The van der Waals surface area contributed by atoms with Gasteiger partial charge in [0, 0.05) is 21.9 Å². The van der Waals surface area contributed by atoms with Crippen LogP contribution in [0.25, 0.3) is 20.9 Å². The number of hydrogen-bond donors (Lipinski definition) is 0. The first-order valence-electron chi connectivity index (χ1n) is 4.92. The molecule has 0 spiro atoms. The molecule has 74 valence electrons. The largest absolute Gasteiger partial charge is 0.0906 e. The van der Waals surface area contributed by atoms with E-state index in [4.69, 9.17) is 11.1 Å². The topological polar surface area (TPSA) is 97.5 Å². The van der Waals surface area contributed by atoms with Gasteiger partial charge in [-0.2, -0.15) is 0 Å². The molecule has 6 heteroatoms. The van der Waals surface area contributed by atoms with E-state index in [0.717, 1.165) is 25.7 Å². The standard InChI is InChI=1S/C8H12N6/c9-13-11-7-1-5-2-8(12-14-10)4-6(5)3-7/h5-8H,1-4H2. The maximum atomic E-state index is 8.32. The summed E-state index contributed by atoms with van der Waals surface area (Å²) >= 11 is 0. The van der Waals surface area contributed by atoms with Crippen molar-refractivity contribution in [1.29, 1.82) is 0 Å². The van der Waals surface area contributed by atoms with Crippen molar-refractivity contribution in [1.82, 2.24) is 0 Å². The molecule has 0 heterocycles. The monoisotopic (exact) mass is 192 g/mol. The number of hydrogen-bond acceptors (Lipinski definition) is 2. The van der Waals surface area contributed by atoms with E-state index in [9.17, 15) is 0 Å². The first-order valence-corrected chi connectivity index (χ1v) is 4.92. The zero-order valence-electron chi connectivity index (χ0n) is 7.82. The Kier molecular flexibility index (Phi) is 2.48. The van der Waals surface area contributed by atoms with Crippen molar-refractivity contribution in [3.63, 3.8) is 0 Å². The highest BCUT2D eigenvalue weighted by molar-refractivity contribution is 4.96. The second-order valence-corrected chi connectivity index (χ2v) is 4.18. The third-order valence-electron chi connectivity index (χ3n) is 3.40. The summed E-state index contributed by atoms with van der Waals surface area (Å²) in [6, 6.07) is 0.365. The van der Waals surface area contributed by atoms with Crippen LogP contribution in [0.1, 0.15) is 25.7 Å². The number of azide groups is 2. The van der Waals surface area contributed by atoms with Crippen LogP contribution in [0.5, 0.6) is 0 Å². The minimum atomic E-state index is 0.182. The van der Waals surface area contributed by atoms with Gasteiger partial charge in [-0.1, -0.05) is 10.2 Å². The van der Waals surface area contributed by atoms with Crippen LogP contribution in [0.15, 0.2) is 10.2 Å². The van der Waals surface area contributed by atoms with Gasteiger partial charge in [-0.15, -0.1) is 0 Å². The van der Waals surface area contributed by atoms with Crippen LogP contribution in [0.2, 0.25) is 0 Å². The second-order valence-electron chi connectivity index (χ2n) is 4.18. The molecule has 2 fully saturated rings. The Morgan fingerprint density at radius 1 is 0.786 bits per heavy atom. The lowest BCUT2D eigenvalue weighted by Crippen LogP contribution is -2.03. The highest BCUT2D eigenvalue weighted by Gasteiger charge is 2.40. The first-order chi connectivity index (χ1) is 6.83. The molecule has 0 aromatic carbocycles. The summed E-state index contributed by atoms with van der Waals surface area (Å²) in [5.41, 5.74) is 16.6. The van der Waals surface area contributed by atoms with Gasteiger partial charge < -0.3 is 0 Å². The molecular weight excluding hydrogens is 180 g/mol. The number of fused-ring (bicyclic) bond motifs is 1. The van der Waals surface area contributed by atoms with Gasteiger partial charge in [0.1, 0.15) is 0 Å². The van der Waals surface area contributed by atoms with Crippen LogP contribution in [-0.2, 0) is 0 Å². The molecule has 2 saturated carbocycles. The Balaban J connectivity index is 1.95. The minimum Gasteiger partial charge on any atom is -0.0906 e. The van der Waals surface area contributed by atoms with Crippen LogP contribution in [-0.4, -0.2) is 12.1 Å². The number of rotatable bonds is 2. The van der Waals surface area contributed by atoms with Crippen LogP contribution < -0.4 is 0 Å². The zero-order chi connectivity index (χ0) is 9.97. The molecule has 14 heavy (non-hydrogen) atoms. The van der Waals surface area contributed by atoms with Crippen LogP contribution in [0.3, 0.4) is 0 Å². The Morgan fingerprint density at radius 3 is 1.43 bits per heavy atom. The molecule has 0 N–H and O–H groups in total. The van der Waals surface area contributed by atoms with Gasteiger partial charge in [0.25, 0.3) is 0 Å². The van der Waals surface area contributed by atoms with E-state index < -0.39 is 0 Å². The Morgan fingerprint density at radius 2 is 1.14 bits per heavy atom. The van der Waals surface area contributed by atoms with E-state index in [0.29, 0.717) is 11.8 Å². The normalized spacial score (nSPS) is 39.7. The molecular formula is C8H12N6. The Labute approximate surface area is 81.5 Å². The molecule has 0 atom stereocenters. The van der Waals surface area contributed by atoms with Gasteiger partial charge in [-0.3, -0.25) is 0 Å². The van der Waals surface area contributed by atoms with Crippen molar-refractivity contribution >= 4 is 0 Å². The lowest BCUT2D eigenvalue weighted by Gasteiger charge is -2.05. The van der Waals surface area contributed by atoms with Gasteiger partial charge in [-0.05, 0) is 48.6 Å². The van der Waals surface area contributed by atoms with Crippen LogP contribution >= 0.6 is 0 Å². The SMILES string of the molecule is [N-]=[N+]=NC1CC2CC(N=[N+]=[N-])CC2C1. The van der Waals surface area contributed by atoms with E-state index in [1.165, 1.54) is 0 Å². The molecule has 0 saturated heterocycles. The fourth-order valence-electron chi connectivity index (χ4n) is 2.89. The molecule has 2 rings (SSSR count). The maximum Gasteiger partial charge on any atom is 0.0379 e. The van der Waals surface area contributed by atoms with Gasteiger partial charge in [-0.25, -0.2) is 0 Å². The number of nitrogens with zero attached hydrogens (tertiary/aromatic N) is 6. The maximum absolute atomic E-state index is 8.32. The van der Waals surface area contributed by atoms with E-state index in [1.807, 2.05) is 0 Å². The van der Waals surface area contributed by atoms with E-state index in [1.54, 1.807) is 0 Å². The van der Waals surface area contributed by atoms with Crippen molar-refractivity contribution in [3.8, 4) is 0 Å². The summed E-state index contributed by atoms with van der Waals surface area (Å²) < 4.78 is 0. The third kappa shape index (κ3) is 1.62. The predicted octanol–water partition coefficient (Wildman–Crippen LogP) is 3.16. The fraction of sp³-hybridized carbons (Fsp3) is 1.00. The molecule has 0 unspecified atom stereocenters. The van der Waals surface area contributed by atoms with Crippen molar-refractivity contribution < 1.29 is 0 Å². The van der Waals surface area contributed by atoms with Gasteiger partial charge >= 0.3 is 0 Å². The van der Waals surface area contributed by atoms with E-state index in [2.05, 4.69) is 20.1 Å². The van der Waals surface area contributed by atoms with Crippen molar-refractivity contribution in [2.24, 2.45) is 22.1 Å². The third-order valence-corrected chi connectivity index (χ3v) is 3.40. The van der Waals surface area contributed by atoms with Crippen molar-refractivity contribution in [3.05, 3.63) is 20.9 Å². The lowest BCUT2D eigenvalue weighted by atomic mass is 10.0. The quantitative estimate of drug-likeness (QED) is 0.364. The predicted molar refractivity (Wildman–Crippen MR) is 51.3 cm³/mol. The van der Waals surface area contributed by atoms with Crippen molar-refractivity contribution in [2.75, 3.05) is 0 Å². The summed E-state index contributed by atoms with van der Waals surface area (Å²) in [4.78, 5) is 5.69.